The Morgan fingerprint density at radius 1 is 0.969 bits per heavy atom. The highest BCUT2D eigenvalue weighted by Gasteiger charge is 2.60. The fourth-order valence-electron chi connectivity index (χ4n) is 9.75. The molecule has 1 aromatic heterocycles. The van der Waals surface area contributed by atoms with E-state index in [0.717, 1.165) is 34.8 Å². The Morgan fingerprint density at radius 3 is 2.59 bits per heavy atom. The first kappa shape index (κ1) is 22.1. The minimum atomic E-state index is 0.511. The van der Waals surface area contributed by atoms with Crippen molar-refractivity contribution in [2.45, 2.75) is 95.6 Å². The average Bonchev–Trinajstić information content (AvgIpc) is 3.54. The van der Waals surface area contributed by atoms with E-state index >= 15 is 0 Å². The Morgan fingerprint density at radius 2 is 1.78 bits per heavy atom. The van der Waals surface area contributed by atoms with Gasteiger partial charge < -0.3 is 9.32 Å². The molecule has 1 aromatic rings. The zero-order valence-electron chi connectivity index (χ0n) is 20.6. The first-order valence-electron chi connectivity index (χ1n) is 13.9. The largest absolute Gasteiger partial charge is 0.472 e. The van der Waals surface area contributed by atoms with Crippen LogP contribution >= 0.6 is 11.8 Å². The topological polar surface area (TPSA) is 16.4 Å². The number of fused-ring (bicyclic) bond motifs is 5. The number of furan rings is 1. The molecule has 4 aliphatic carbocycles. The maximum absolute atomic E-state index is 5.51. The Kier molecular flexibility index (Phi) is 5.98. The maximum Gasteiger partial charge on any atom is 0.0937 e. The molecule has 3 heteroatoms. The highest BCUT2D eigenvalue weighted by Crippen LogP contribution is 2.69. The third-order valence-corrected chi connectivity index (χ3v) is 12.8. The molecule has 178 valence electrons. The van der Waals surface area contributed by atoms with Gasteiger partial charge in [-0.05, 0) is 136 Å². The molecule has 0 spiro atoms. The minimum absolute atomic E-state index is 0.511. The van der Waals surface area contributed by atoms with E-state index in [2.05, 4.69) is 36.6 Å². The van der Waals surface area contributed by atoms with Gasteiger partial charge in [0.2, 0.25) is 0 Å². The van der Waals surface area contributed by atoms with Crippen LogP contribution in [0.25, 0.3) is 0 Å². The highest BCUT2D eigenvalue weighted by atomic mass is 32.2. The quantitative estimate of drug-likeness (QED) is 0.455. The van der Waals surface area contributed by atoms with Crippen molar-refractivity contribution < 1.29 is 4.42 Å². The first-order chi connectivity index (χ1) is 15.6. The van der Waals surface area contributed by atoms with Gasteiger partial charge in [-0.25, -0.2) is 0 Å². The number of hydrogen-bond donors (Lipinski definition) is 0. The summed E-state index contributed by atoms with van der Waals surface area (Å²) in [5, 5.41) is 0.943. The molecule has 6 rings (SSSR count). The number of likely N-dealkylation sites (tertiary alicyclic amines) is 1. The zero-order chi connectivity index (χ0) is 21.8. The maximum atomic E-state index is 5.51. The second-order valence-electron chi connectivity index (χ2n) is 12.7. The van der Waals surface area contributed by atoms with Crippen molar-refractivity contribution in [1.82, 2.24) is 4.90 Å². The van der Waals surface area contributed by atoms with Crippen LogP contribution in [0.15, 0.2) is 23.0 Å². The van der Waals surface area contributed by atoms with Gasteiger partial charge in [-0.15, -0.1) is 0 Å². The summed E-state index contributed by atoms with van der Waals surface area (Å²) in [6.07, 6.45) is 20.1. The molecule has 2 nitrogen and oxygen atoms in total. The van der Waals surface area contributed by atoms with Gasteiger partial charge in [-0.2, -0.15) is 11.8 Å². The predicted octanol–water partition coefficient (Wildman–Crippen LogP) is 7.60. The molecule has 2 heterocycles. The van der Waals surface area contributed by atoms with E-state index in [4.69, 9.17) is 4.42 Å². The molecule has 1 saturated heterocycles. The summed E-state index contributed by atoms with van der Waals surface area (Å²) in [6, 6.07) is 2.26. The van der Waals surface area contributed by atoms with E-state index in [-0.39, 0.29) is 0 Å². The second-order valence-corrected chi connectivity index (χ2v) is 14.1. The summed E-state index contributed by atoms with van der Waals surface area (Å²) in [5.74, 6) is 6.05. The van der Waals surface area contributed by atoms with E-state index in [1.54, 1.807) is 0 Å². The summed E-state index contributed by atoms with van der Waals surface area (Å²) in [4.78, 5) is 2.70. The molecule has 0 N–H and O–H groups in total. The van der Waals surface area contributed by atoms with Crippen molar-refractivity contribution in [2.75, 3.05) is 25.4 Å². The van der Waals surface area contributed by atoms with Crippen LogP contribution in [-0.2, 0) is 0 Å². The van der Waals surface area contributed by atoms with Crippen LogP contribution in [-0.4, -0.2) is 35.5 Å². The van der Waals surface area contributed by atoms with Crippen molar-refractivity contribution in [2.24, 2.45) is 34.5 Å². The molecular formula is C29H45NOS. The van der Waals surface area contributed by atoms with E-state index in [9.17, 15) is 0 Å². The molecule has 0 radical (unpaired) electrons. The molecule has 5 fully saturated rings. The lowest BCUT2D eigenvalue weighted by Gasteiger charge is -2.61. The van der Waals surface area contributed by atoms with Gasteiger partial charge >= 0.3 is 0 Å². The van der Waals surface area contributed by atoms with Crippen LogP contribution < -0.4 is 0 Å². The fraction of sp³-hybridized carbons (Fsp3) is 0.862. The molecule has 0 bridgehead atoms. The number of hydrogen-bond acceptors (Lipinski definition) is 3. The van der Waals surface area contributed by atoms with Gasteiger partial charge in [0.1, 0.15) is 0 Å². The van der Waals surface area contributed by atoms with Gasteiger partial charge in [0, 0.05) is 17.5 Å². The zero-order valence-corrected chi connectivity index (χ0v) is 21.4. The summed E-state index contributed by atoms with van der Waals surface area (Å²) < 4.78 is 5.51. The van der Waals surface area contributed by atoms with Crippen LogP contribution in [0, 0.1) is 34.5 Å². The molecule has 5 aliphatic rings. The molecule has 0 amide bonds. The first-order valence-corrected chi connectivity index (χ1v) is 15.0. The Hall–Kier alpha value is -0.410. The lowest BCUT2D eigenvalue weighted by atomic mass is 9.44. The van der Waals surface area contributed by atoms with Crippen molar-refractivity contribution in [3.8, 4) is 0 Å². The van der Waals surface area contributed by atoms with Crippen LogP contribution in [0.5, 0.6) is 0 Å². The van der Waals surface area contributed by atoms with Gasteiger partial charge in [-0.1, -0.05) is 13.8 Å². The van der Waals surface area contributed by atoms with Crippen molar-refractivity contribution >= 4 is 11.8 Å². The molecule has 4 saturated carbocycles. The Balaban J connectivity index is 1.10. The molecule has 3 unspecified atom stereocenters. The number of thioether (sulfide) groups is 1. The van der Waals surface area contributed by atoms with Crippen LogP contribution in [0.3, 0.4) is 0 Å². The van der Waals surface area contributed by atoms with Gasteiger partial charge in [0.05, 0.1) is 12.5 Å². The van der Waals surface area contributed by atoms with E-state index in [1.807, 2.05) is 12.5 Å². The van der Waals surface area contributed by atoms with Crippen molar-refractivity contribution in [1.29, 1.82) is 0 Å². The van der Waals surface area contributed by atoms with Crippen LogP contribution in [0.1, 0.15) is 96.0 Å². The lowest BCUT2D eigenvalue weighted by molar-refractivity contribution is -0.105. The summed E-state index contributed by atoms with van der Waals surface area (Å²) in [6.45, 7) is 9.45. The minimum Gasteiger partial charge on any atom is -0.472 e. The van der Waals surface area contributed by atoms with Crippen molar-refractivity contribution in [3.63, 3.8) is 0 Å². The molecule has 0 aromatic carbocycles. The molecule has 32 heavy (non-hydrogen) atoms. The monoisotopic (exact) mass is 455 g/mol. The smallest absolute Gasteiger partial charge is 0.0937 e. The van der Waals surface area contributed by atoms with E-state index in [1.165, 1.54) is 102 Å². The number of nitrogens with zero attached hydrogens (tertiary/aromatic N) is 1. The van der Waals surface area contributed by atoms with Gasteiger partial charge in [0.15, 0.2) is 0 Å². The summed E-state index contributed by atoms with van der Waals surface area (Å²) >= 11 is 2.33. The Bertz CT molecular complexity index is 772. The van der Waals surface area contributed by atoms with E-state index < -0.39 is 0 Å². The third kappa shape index (κ3) is 3.63. The summed E-state index contributed by atoms with van der Waals surface area (Å²) in [7, 11) is 0. The molecule has 8 atom stereocenters. The van der Waals surface area contributed by atoms with Gasteiger partial charge in [0.25, 0.3) is 0 Å². The summed E-state index contributed by atoms with van der Waals surface area (Å²) in [5.41, 5.74) is 2.63. The van der Waals surface area contributed by atoms with Crippen molar-refractivity contribution in [3.05, 3.63) is 24.2 Å². The van der Waals surface area contributed by atoms with Crippen LogP contribution in [0.4, 0.5) is 0 Å². The molecular weight excluding hydrogens is 410 g/mol. The predicted molar refractivity (Wildman–Crippen MR) is 135 cm³/mol. The highest BCUT2D eigenvalue weighted by molar-refractivity contribution is 7.99. The molecule has 1 aliphatic heterocycles. The standard InChI is InChI=1S/C29H45NOS/c1-28-12-9-23(32-18-16-30-14-3-4-15-30)19-22(28)5-6-24-26-8-7-25(21-11-17-31-20-21)29(26,2)13-10-27(24)28/h11,17,20,22-27H,3-10,12-16,18-19H2,1-2H3/t22?,23?,24-,25?,26-,27+,28-,29+/m0/s1. The number of rotatable bonds is 5. The second kappa shape index (κ2) is 8.67. The SMILES string of the molecule is C[C@]12CCC(SCCN3CCCC3)CC1CC[C@@H]1[C@H]2CC[C@]2(C)C(c3ccoc3)CC[C@@H]12. The third-order valence-electron chi connectivity index (χ3n) is 11.5. The average molecular weight is 456 g/mol. The van der Waals surface area contributed by atoms with E-state index in [0.29, 0.717) is 10.8 Å². The normalized spacial score (nSPS) is 46.6. The lowest BCUT2D eigenvalue weighted by Crippen LogP contribution is -2.53. The van der Waals surface area contributed by atoms with Crippen LogP contribution in [0.2, 0.25) is 0 Å². The fourth-order valence-corrected chi connectivity index (χ4v) is 11.1. The van der Waals surface area contributed by atoms with Gasteiger partial charge in [-0.3, -0.25) is 0 Å². The Labute approximate surface area is 200 Å².